The molecule has 1 aromatic heterocycles. The number of ether oxygens (including phenoxy) is 2. The number of ketones is 1. The van der Waals surface area contributed by atoms with Crippen LogP contribution < -0.4 is 16.0 Å². The summed E-state index contributed by atoms with van der Waals surface area (Å²) < 4.78 is 54.1. The Kier molecular flexibility index (Phi) is 11.8. The fourth-order valence-electron chi connectivity index (χ4n) is 16.0. The zero-order valence-corrected chi connectivity index (χ0v) is 41.8. The minimum atomic E-state index is -4.96. The summed E-state index contributed by atoms with van der Waals surface area (Å²) in [5.41, 5.74) is -4.32. The Bertz CT molecular complexity index is 2380. The number of allylic oxidation sites excluding steroid dienone is 1. The summed E-state index contributed by atoms with van der Waals surface area (Å²) >= 11 is 0. The van der Waals surface area contributed by atoms with Crippen LogP contribution in [0.15, 0.2) is 17.2 Å². The molecule has 0 spiro atoms. The molecule has 0 aromatic carbocycles. The molecule has 6 saturated carbocycles. The SMILES string of the molecule is CC(C)C1=C2[C@H]3CC[C@@H]4[C@@]5(C)CC[C@H](OC(=O)[C@H]6C[C@@H](C(=O)O)C6(C)C)C(C)(C)[C@@H]5CC[C@@]4(C)[C@]3(C)CC[C@@]2(NC(=O)C2(NC(=O)c3cc(C(F)(F)F)nn3C(=O)OC3CCNCC3)CC2)CC1=O. The zero-order valence-electron chi connectivity index (χ0n) is 41.8. The Balaban J connectivity index is 0.945. The summed E-state index contributed by atoms with van der Waals surface area (Å²) in [7, 11) is 0. The molecule has 2 heterocycles. The number of nitrogens with zero attached hydrogens (tertiary/aromatic N) is 2. The smallest absolute Gasteiger partial charge is 0.435 e. The number of carbonyl (C=O) groups is 6. The lowest BCUT2D eigenvalue weighted by Gasteiger charge is -2.72. The average Bonchev–Trinajstić information content (AvgIpc) is 3.76. The topological polar surface area (TPSA) is 195 Å². The van der Waals surface area contributed by atoms with Crippen molar-refractivity contribution >= 4 is 35.6 Å². The number of halogens is 3. The first kappa shape index (κ1) is 49.7. The van der Waals surface area contributed by atoms with Crippen LogP contribution >= 0.6 is 0 Å². The molecule has 2 amide bonds. The molecule has 17 heteroatoms. The van der Waals surface area contributed by atoms with Gasteiger partial charge in [-0.3, -0.25) is 24.0 Å². The lowest BCUT2D eigenvalue weighted by atomic mass is 9.33. The molecule has 0 unspecified atom stereocenters. The number of esters is 1. The van der Waals surface area contributed by atoms with E-state index in [0.29, 0.717) is 61.9 Å². The van der Waals surface area contributed by atoms with Crippen molar-refractivity contribution < 1.29 is 56.5 Å². The predicted molar refractivity (Wildman–Crippen MR) is 245 cm³/mol. The van der Waals surface area contributed by atoms with Gasteiger partial charge in [0.15, 0.2) is 11.5 Å². The maximum atomic E-state index is 14.7. The van der Waals surface area contributed by atoms with Gasteiger partial charge in [-0.25, -0.2) is 4.79 Å². The van der Waals surface area contributed by atoms with Crippen LogP contribution in [0.25, 0.3) is 0 Å². The highest BCUT2D eigenvalue weighted by molar-refractivity contribution is 6.04. The molecule has 1 saturated heterocycles. The summed E-state index contributed by atoms with van der Waals surface area (Å²) in [6.07, 6.45) is 1.11. The van der Waals surface area contributed by atoms with Gasteiger partial charge in [0.25, 0.3) is 5.91 Å². The van der Waals surface area contributed by atoms with Crippen molar-refractivity contribution in [1.82, 2.24) is 25.7 Å². The summed E-state index contributed by atoms with van der Waals surface area (Å²) in [5.74, 6) is -3.32. The number of carboxylic acid groups (broad SMARTS) is 1. The molecule has 1 aromatic rings. The van der Waals surface area contributed by atoms with Crippen molar-refractivity contribution in [1.29, 1.82) is 0 Å². The standard InChI is InChI=1S/C52H72F3N5O9/c1-27(2)38-33(61)26-51(58-43(66)50(20-21-50)57-40(62)32-25-36(52(53,54)55)59-60(32)44(67)68-28-14-22-56-23-15-28)19-18-48(8)29(39(38)51)10-11-35-47(7)16-13-37(46(5,6)34(47)12-17-49(35,48)9)69-42(65)31-24-30(41(63)64)45(31,3)4/h25,27-31,34-35,37,56H,10-24,26H2,1-9H3,(H,57,62)(H,58,66)(H,63,64)/t29-,30+,31-,34+,35-,37+,47+,48-,49-,51-/m1/s1. The van der Waals surface area contributed by atoms with Crippen LogP contribution in [0.1, 0.15) is 168 Å². The highest BCUT2D eigenvalue weighted by Gasteiger charge is 2.71. The summed E-state index contributed by atoms with van der Waals surface area (Å²) in [5, 5.41) is 22.3. The number of hydrogen-bond acceptors (Lipinski definition) is 10. The van der Waals surface area contributed by atoms with Crippen LogP contribution in [0.3, 0.4) is 0 Å². The van der Waals surface area contributed by atoms with Crippen molar-refractivity contribution in [3.8, 4) is 0 Å². The highest BCUT2D eigenvalue weighted by atomic mass is 19.4. The number of hydrogen-bond donors (Lipinski definition) is 4. The van der Waals surface area contributed by atoms with E-state index in [2.05, 4.69) is 55.7 Å². The number of fused-ring (bicyclic) bond motifs is 7. The number of piperidine rings is 1. The number of carboxylic acids is 1. The maximum absolute atomic E-state index is 14.7. The van der Waals surface area contributed by atoms with E-state index in [-0.39, 0.29) is 76.5 Å². The first-order chi connectivity index (χ1) is 32.1. The van der Waals surface area contributed by atoms with Gasteiger partial charge in [-0.15, -0.1) is 0 Å². The third kappa shape index (κ3) is 7.60. The second-order valence-corrected chi connectivity index (χ2v) is 24.7. The number of aromatic nitrogens is 2. The number of alkyl halides is 3. The van der Waals surface area contributed by atoms with Gasteiger partial charge in [0, 0.05) is 17.9 Å². The maximum Gasteiger partial charge on any atom is 0.435 e. The van der Waals surface area contributed by atoms with E-state index in [1.807, 2.05) is 27.7 Å². The summed E-state index contributed by atoms with van der Waals surface area (Å²) in [6.45, 7) is 20.6. The predicted octanol–water partition coefficient (Wildman–Crippen LogP) is 8.41. The third-order valence-electron chi connectivity index (χ3n) is 20.3. The Morgan fingerprint density at radius 2 is 1.49 bits per heavy atom. The van der Waals surface area contributed by atoms with Crippen molar-refractivity contribution in [2.75, 3.05) is 13.1 Å². The first-order valence-corrected chi connectivity index (χ1v) is 25.5. The lowest BCUT2D eigenvalue weighted by Crippen LogP contribution is -2.68. The number of aliphatic carboxylic acids is 1. The monoisotopic (exact) mass is 968 g/mol. The minimum Gasteiger partial charge on any atom is -0.481 e. The first-order valence-electron chi connectivity index (χ1n) is 25.5. The largest absolute Gasteiger partial charge is 0.481 e. The van der Waals surface area contributed by atoms with Gasteiger partial charge in [-0.2, -0.15) is 23.0 Å². The molecule has 380 valence electrons. The second-order valence-electron chi connectivity index (χ2n) is 24.7. The van der Waals surface area contributed by atoms with Gasteiger partial charge in [-0.05, 0) is 153 Å². The molecule has 14 nitrogen and oxygen atoms in total. The Labute approximate surface area is 402 Å². The minimum absolute atomic E-state index is 0.00407. The quantitative estimate of drug-likeness (QED) is 0.174. The van der Waals surface area contributed by atoms with Gasteiger partial charge >= 0.3 is 24.2 Å². The molecule has 9 rings (SSSR count). The molecule has 4 N–H and O–H groups in total. The lowest BCUT2D eigenvalue weighted by molar-refractivity contribution is -0.235. The van der Waals surface area contributed by atoms with Gasteiger partial charge in [-0.1, -0.05) is 62.3 Å². The highest BCUT2D eigenvalue weighted by Crippen LogP contribution is 2.76. The number of Topliss-reactive ketones (excluding diaryl/α,β-unsaturated/α-hetero) is 1. The molecule has 1 aliphatic heterocycles. The molecule has 0 radical (unpaired) electrons. The van der Waals surface area contributed by atoms with Crippen molar-refractivity contribution in [3.63, 3.8) is 0 Å². The summed E-state index contributed by atoms with van der Waals surface area (Å²) in [4.78, 5) is 81.8. The molecule has 0 bridgehead atoms. The van der Waals surface area contributed by atoms with Crippen molar-refractivity contribution in [2.24, 2.45) is 62.6 Å². The van der Waals surface area contributed by atoms with E-state index in [4.69, 9.17) is 9.47 Å². The van der Waals surface area contributed by atoms with E-state index in [9.17, 15) is 47.0 Å². The molecule has 7 aliphatic carbocycles. The Hall–Kier alpha value is -4.28. The average molecular weight is 968 g/mol. The van der Waals surface area contributed by atoms with E-state index < -0.39 is 75.9 Å². The van der Waals surface area contributed by atoms with E-state index in [1.165, 1.54) is 0 Å². The van der Waals surface area contributed by atoms with Gasteiger partial charge < -0.3 is 30.5 Å². The fourth-order valence-corrected chi connectivity index (χ4v) is 16.0. The number of rotatable bonds is 9. The van der Waals surface area contributed by atoms with Crippen LogP contribution in [0.4, 0.5) is 18.0 Å². The number of carbonyl (C=O) groups excluding carboxylic acids is 5. The molecule has 8 aliphatic rings. The van der Waals surface area contributed by atoms with Crippen LogP contribution in [-0.2, 0) is 34.8 Å². The van der Waals surface area contributed by atoms with E-state index >= 15 is 0 Å². The molecule has 7 fully saturated rings. The summed E-state index contributed by atoms with van der Waals surface area (Å²) in [6, 6.07) is 0.501. The van der Waals surface area contributed by atoms with Crippen molar-refractivity contribution in [3.05, 3.63) is 28.6 Å². The Morgan fingerprint density at radius 1 is 0.812 bits per heavy atom. The Morgan fingerprint density at radius 3 is 2.10 bits per heavy atom. The van der Waals surface area contributed by atoms with E-state index in [1.54, 1.807) is 0 Å². The third-order valence-corrected chi connectivity index (χ3v) is 20.3. The number of nitrogens with one attached hydrogen (secondary N) is 3. The molecular formula is C52H72F3N5O9. The van der Waals surface area contributed by atoms with Crippen LogP contribution in [0.5, 0.6) is 0 Å². The van der Waals surface area contributed by atoms with Gasteiger partial charge in [0.1, 0.15) is 23.4 Å². The number of amides is 2. The van der Waals surface area contributed by atoms with Gasteiger partial charge in [0.2, 0.25) is 5.91 Å². The fraction of sp³-hybridized carbons (Fsp3) is 0.788. The zero-order chi connectivity index (χ0) is 50.2. The van der Waals surface area contributed by atoms with Crippen LogP contribution in [-0.4, -0.2) is 86.9 Å². The molecular weight excluding hydrogens is 896 g/mol. The normalized spacial score (nSPS) is 37.6. The molecule has 69 heavy (non-hydrogen) atoms. The van der Waals surface area contributed by atoms with Crippen molar-refractivity contribution in [2.45, 2.75) is 182 Å². The molecule has 10 atom stereocenters. The van der Waals surface area contributed by atoms with Crippen LogP contribution in [0, 0.1) is 62.6 Å². The second kappa shape index (κ2) is 16.4. The van der Waals surface area contributed by atoms with Crippen LogP contribution in [0.2, 0.25) is 0 Å². The van der Waals surface area contributed by atoms with Gasteiger partial charge in [0.05, 0.1) is 17.4 Å². The van der Waals surface area contributed by atoms with E-state index in [0.717, 1.165) is 49.7 Å².